The summed E-state index contributed by atoms with van der Waals surface area (Å²) in [5.41, 5.74) is 3.46. The molecule has 2 N–H and O–H groups in total. The van der Waals surface area contributed by atoms with E-state index in [1.807, 2.05) is 29.8 Å². The van der Waals surface area contributed by atoms with Crippen molar-refractivity contribution in [3.05, 3.63) is 83.2 Å². The number of carbonyl (C=O) groups excluding carboxylic acids is 1. The molecule has 0 saturated heterocycles. The third kappa shape index (κ3) is 6.27. The van der Waals surface area contributed by atoms with Gasteiger partial charge in [0.1, 0.15) is 18.5 Å². The van der Waals surface area contributed by atoms with E-state index in [-0.39, 0.29) is 12.4 Å². The number of nitrogens with one attached hydrogen (secondary N) is 1. The normalized spacial score (nSPS) is 12.0. The molecule has 1 atom stereocenters. The number of benzene rings is 2. The van der Waals surface area contributed by atoms with Gasteiger partial charge in [0.05, 0.1) is 5.69 Å². The summed E-state index contributed by atoms with van der Waals surface area (Å²) in [7, 11) is 0. The Hall–Kier alpha value is -2.96. The fourth-order valence-corrected chi connectivity index (χ4v) is 3.23. The second kappa shape index (κ2) is 10.7. The number of aryl methyl sites for hydroxylation is 3. The number of aromatic nitrogens is 2. The molecule has 0 radical (unpaired) electrons. The highest BCUT2D eigenvalue weighted by atomic mass is 16.5. The predicted molar refractivity (Wildman–Crippen MR) is 117 cm³/mol. The first-order chi connectivity index (χ1) is 14.5. The molecule has 0 amide bonds. The number of nitrogens with zero attached hydrogens (tertiary/aromatic N) is 2. The Balaban J connectivity index is 1.35. The molecule has 2 aromatic carbocycles. The van der Waals surface area contributed by atoms with E-state index in [9.17, 15) is 9.90 Å². The van der Waals surface area contributed by atoms with Crippen LogP contribution in [0.25, 0.3) is 0 Å². The number of hydrogen-bond donors (Lipinski definition) is 2. The Morgan fingerprint density at radius 2 is 1.80 bits per heavy atom. The molecule has 0 aliphatic rings. The smallest absolute Gasteiger partial charge is 0.193 e. The Kier molecular flexibility index (Phi) is 7.76. The van der Waals surface area contributed by atoms with Crippen LogP contribution in [0.4, 0.5) is 0 Å². The fourth-order valence-electron chi connectivity index (χ4n) is 3.23. The molecule has 3 rings (SSSR count). The van der Waals surface area contributed by atoms with Gasteiger partial charge in [-0.2, -0.15) is 5.10 Å². The van der Waals surface area contributed by atoms with Crippen LogP contribution in [0.2, 0.25) is 0 Å². The first-order valence-electron chi connectivity index (χ1n) is 10.3. The Morgan fingerprint density at radius 3 is 2.47 bits per heavy atom. The van der Waals surface area contributed by atoms with Crippen LogP contribution in [0, 0.1) is 13.8 Å². The van der Waals surface area contributed by atoms with Crippen molar-refractivity contribution >= 4 is 5.78 Å². The van der Waals surface area contributed by atoms with Crippen LogP contribution in [0.1, 0.15) is 33.7 Å². The van der Waals surface area contributed by atoms with Gasteiger partial charge < -0.3 is 15.2 Å². The van der Waals surface area contributed by atoms with Crippen LogP contribution >= 0.6 is 0 Å². The minimum Gasteiger partial charge on any atom is -0.491 e. The third-order valence-electron chi connectivity index (χ3n) is 4.80. The summed E-state index contributed by atoms with van der Waals surface area (Å²) >= 11 is 0. The average molecular weight is 408 g/mol. The summed E-state index contributed by atoms with van der Waals surface area (Å²) in [6.45, 7) is 6.35. The van der Waals surface area contributed by atoms with Gasteiger partial charge in [-0.05, 0) is 57.1 Å². The summed E-state index contributed by atoms with van der Waals surface area (Å²) < 4.78 is 7.64. The van der Waals surface area contributed by atoms with Crippen LogP contribution < -0.4 is 10.1 Å². The minimum atomic E-state index is -0.607. The van der Waals surface area contributed by atoms with E-state index in [0.717, 1.165) is 30.9 Å². The topological polar surface area (TPSA) is 76.4 Å². The van der Waals surface area contributed by atoms with Crippen molar-refractivity contribution in [3.63, 3.8) is 0 Å². The zero-order valence-corrected chi connectivity index (χ0v) is 17.5. The lowest BCUT2D eigenvalue weighted by Crippen LogP contribution is -2.32. The summed E-state index contributed by atoms with van der Waals surface area (Å²) in [5, 5.41) is 17.8. The van der Waals surface area contributed by atoms with E-state index in [0.29, 0.717) is 23.4 Å². The summed E-state index contributed by atoms with van der Waals surface area (Å²) in [5.74, 6) is 0.607. The lowest BCUT2D eigenvalue weighted by molar-refractivity contribution is 0.103. The number of carbonyl (C=O) groups is 1. The lowest BCUT2D eigenvalue weighted by Gasteiger charge is -2.14. The number of aliphatic hydroxyl groups is 1. The minimum absolute atomic E-state index is 0.0214. The molecule has 0 saturated carbocycles. The highest BCUT2D eigenvalue weighted by molar-refractivity contribution is 6.08. The first kappa shape index (κ1) is 21.7. The number of rotatable bonds is 11. The molecule has 0 bridgehead atoms. The molecular formula is C24H29N3O3. The van der Waals surface area contributed by atoms with Crippen LogP contribution in [-0.4, -0.2) is 46.5 Å². The Bertz CT molecular complexity index is 936. The van der Waals surface area contributed by atoms with Crippen LogP contribution in [0.5, 0.6) is 5.75 Å². The van der Waals surface area contributed by atoms with Gasteiger partial charge in [0.15, 0.2) is 5.78 Å². The van der Waals surface area contributed by atoms with Crippen molar-refractivity contribution in [2.45, 2.75) is 32.9 Å². The van der Waals surface area contributed by atoms with E-state index in [4.69, 9.17) is 4.74 Å². The third-order valence-corrected chi connectivity index (χ3v) is 4.80. The van der Waals surface area contributed by atoms with E-state index in [1.165, 1.54) is 0 Å². The standard InChI is InChI=1S/C24H29N3O3/c1-18-15-19(2)27(26-18)14-6-13-25-16-22(28)17-30-23-11-9-21(10-12-23)24(29)20-7-4-3-5-8-20/h3-5,7-12,15,22,25,28H,6,13-14,16-17H2,1-2H3/t22-/m0/s1. The van der Waals surface area contributed by atoms with Gasteiger partial charge in [-0.1, -0.05) is 30.3 Å². The molecule has 0 unspecified atom stereocenters. The largest absolute Gasteiger partial charge is 0.491 e. The monoisotopic (exact) mass is 407 g/mol. The SMILES string of the molecule is Cc1cc(C)n(CCCNC[C@H](O)COc2ccc(C(=O)c3ccccc3)cc2)n1. The molecule has 3 aromatic rings. The fraction of sp³-hybridized carbons (Fsp3) is 0.333. The second-order valence-electron chi connectivity index (χ2n) is 7.39. The summed E-state index contributed by atoms with van der Waals surface area (Å²) in [6, 6.07) is 18.2. The maximum atomic E-state index is 12.4. The number of ketones is 1. The van der Waals surface area contributed by atoms with Gasteiger partial charge in [-0.15, -0.1) is 0 Å². The Labute approximate surface area is 177 Å². The molecule has 0 aliphatic carbocycles. The maximum Gasteiger partial charge on any atom is 0.193 e. The van der Waals surface area contributed by atoms with Crippen molar-refractivity contribution < 1.29 is 14.6 Å². The highest BCUT2D eigenvalue weighted by Gasteiger charge is 2.09. The quantitative estimate of drug-likeness (QED) is 0.377. The van der Waals surface area contributed by atoms with Crippen molar-refractivity contribution in [2.24, 2.45) is 0 Å². The van der Waals surface area contributed by atoms with Gasteiger partial charge >= 0.3 is 0 Å². The number of ether oxygens (including phenoxy) is 1. The lowest BCUT2D eigenvalue weighted by atomic mass is 10.0. The zero-order valence-electron chi connectivity index (χ0n) is 17.5. The maximum absolute atomic E-state index is 12.4. The second-order valence-corrected chi connectivity index (χ2v) is 7.39. The summed E-state index contributed by atoms with van der Waals surface area (Å²) in [4.78, 5) is 12.4. The van der Waals surface area contributed by atoms with Crippen molar-refractivity contribution in [1.29, 1.82) is 0 Å². The van der Waals surface area contributed by atoms with E-state index in [1.54, 1.807) is 36.4 Å². The van der Waals surface area contributed by atoms with Crippen molar-refractivity contribution in [2.75, 3.05) is 19.7 Å². The molecule has 30 heavy (non-hydrogen) atoms. The van der Waals surface area contributed by atoms with E-state index >= 15 is 0 Å². The zero-order chi connectivity index (χ0) is 21.3. The first-order valence-corrected chi connectivity index (χ1v) is 10.3. The van der Waals surface area contributed by atoms with Crippen LogP contribution in [0.15, 0.2) is 60.7 Å². The molecule has 0 aliphatic heterocycles. The molecule has 0 spiro atoms. The van der Waals surface area contributed by atoms with Gasteiger partial charge in [0, 0.05) is 29.9 Å². The molecule has 0 fully saturated rings. The average Bonchev–Trinajstić information content (AvgIpc) is 3.09. The van der Waals surface area contributed by atoms with Crippen molar-refractivity contribution in [1.82, 2.24) is 15.1 Å². The molecule has 1 aromatic heterocycles. The highest BCUT2D eigenvalue weighted by Crippen LogP contribution is 2.15. The van der Waals surface area contributed by atoms with Gasteiger partial charge in [0.25, 0.3) is 0 Å². The number of hydrogen-bond acceptors (Lipinski definition) is 5. The van der Waals surface area contributed by atoms with Gasteiger partial charge in [0.2, 0.25) is 0 Å². The van der Waals surface area contributed by atoms with Crippen LogP contribution in [0.3, 0.4) is 0 Å². The van der Waals surface area contributed by atoms with Crippen molar-refractivity contribution in [3.8, 4) is 5.75 Å². The summed E-state index contributed by atoms with van der Waals surface area (Å²) in [6.07, 6.45) is 0.330. The van der Waals surface area contributed by atoms with Gasteiger partial charge in [-0.25, -0.2) is 0 Å². The van der Waals surface area contributed by atoms with Crippen LogP contribution in [-0.2, 0) is 6.54 Å². The molecule has 158 valence electrons. The van der Waals surface area contributed by atoms with E-state index in [2.05, 4.69) is 23.4 Å². The molecule has 6 heteroatoms. The Morgan fingerprint density at radius 1 is 1.10 bits per heavy atom. The van der Waals surface area contributed by atoms with Gasteiger partial charge in [-0.3, -0.25) is 9.48 Å². The predicted octanol–water partition coefficient (Wildman–Crippen LogP) is 3.15. The molecule has 6 nitrogen and oxygen atoms in total. The van der Waals surface area contributed by atoms with E-state index < -0.39 is 6.10 Å². The number of aliphatic hydroxyl groups excluding tert-OH is 1. The molecular weight excluding hydrogens is 378 g/mol. The molecule has 1 heterocycles.